The fourth-order valence-electron chi connectivity index (χ4n) is 2.66. The molecular weight excluding hydrogens is 320 g/mol. The topological polar surface area (TPSA) is 67.3 Å². The highest BCUT2D eigenvalue weighted by Gasteiger charge is 2.34. The molecule has 1 aromatic rings. The minimum atomic E-state index is -2.87. The van der Waals surface area contributed by atoms with E-state index in [4.69, 9.17) is 0 Å². The number of carbonyl (C=O) groups is 1. The lowest BCUT2D eigenvalue weighted by molar-refractivity contribution is -0.129. The van der Waals surface area contributed by atoms with Crippen LogP contribution >= 0.6 is 11.8 Å². The molecule has 120 valence electrons. The highest BCUT2D eigenvalue weighted by Crippen LogP contribution is 2.30. The van der Waals surface area contributed by atoms with Gasteiger partial charge in [0, 0.05) is 30.2 Å². The van der Waals surface area contributed by atoms with Crippen LogP contribution < -0.4 is 0 Å². The first-order valence-corrected chi connectivity index (χ1v) is 10.4. The van der Waals surface area contributed by atoms with Gasteiger partial charge in [-0.3, -0.25) is 9.78 Å². The summed E-state index contributed by atoms with van der Waals surface area (Å²) in [5.74, 6) is 0.983. The fraction of sp³-hybridized carbons (Fsp3) is 0.600. The molecule has 0 spiro atoms. The first-order chi connectivity index (χ1) is 10.5. The highest BCUT2D eigenvalue weighted by molar-refractivity contribution is 8.02. The van der Waals surface area contributed by atoms with Gasteiger partial charge in [-0.05, 0) is 37.0 Å². The van der Waals surface area contributed by atoms with Crippen LogP contribution in [-0.2, 0) is 21.2 Å². The van der Waals surface area contributed by atoms with E-state index in [0.29, 0.717) is 24.8 Å². The number of sulfone groups is 1. The second kappa shape index (κ2) is 6.58. The smallest absolute Gasteiger partial charge is 0.233 e. The number of nitrogens with zero attached hydrogens (tertiary/aromatic N) is 2. The summed E-state index contributed by atoms with van der Waals surface area (Å²) in [4.78, 5) is 18.4. The van der Waals surface area contributed by atoms with Crippen LogP contribution in [-0.4, -0.2) is 52.8 Å². The summed E-state index contributed by atoms with van der Waals surface area (Å²) in [6, 6.07) is 4.21. The van der Waals surface area contributed by atoms with Gasteiger partial charge >= 0.3 is 0 Å². The molecule has 1 aliphatic heterocycles. The van der Waals surface area contributed by atoms with Gasteiger partial charge in [0.05, 0.1) is 17.3 Å². The van der Waals surface area contributed by atoms with Gasteiger partial charge < -0.3 is 4.90 Å². The molecule has 2 aliphatic rings. The summed E-state index contributed by atoms with van der Waals surface area (Å²) in [6.07, 6.45) is 6.29. The van der Waals surface area contributed by atoms with E-state index < -0.39 is 9.84 Å². The van der Waals surface area contributed by atoms with E-state index in [2.05, 4.69) is 4.98 Å². The summed E-state index contributed by atoms with van der Waals surface area (Å²) in [6.45, 7) is 0.621. The molecule has 1 saturated heterocycles. The van der Waals surface area contributed by atoms with E-state index in [9.17, 15) is 13.2 Å². The van der Waals surface area contributed by atoms with Gasteiger partial charge in [-0.25, -0.2) is 8.42 Å². The summed E-state index contributed by atoms with van der Waals surface area (Å²) in [5, 5.41) is 0.0796. The first kappa shape index (κ1) is 15.8. The Balaban J connectivity index is 1.54. The van der Waals surface area contributed by atoms with Crippen molar-refractivity contribution in [3.63, 3.8) is 0 Å². The maximum atomic E-state index is 12.5. The van der Waals surface area contributed by atoms with Crippen molar-refractivity contribution in [1.82, 2.24) is 9.88 Å². The lowest BCUT2D eigenvalue weighted by Gasteiger charge is -2.23. The predicted octanol–water partition coefficient (Wildman–Crippen LogP) is 1.49. The van der Waals surface area contributed by atoms with Crippen molar-refractivity contribution in [2.24, 2.45) is 0 Å². The van der Waals surface area contributed by atoms with Crippen LogP contribution in [0.4, 0.5) is 0 Å². The zero-order valence-corrected chi connectivity index (χ0v) is 14.0. The average Bonchev–Trinajstić information content (AvgIpc) is 3.27. The third-order valence-corrected chi connectivity index (χ3v) is 7.31. The summed E-state index contributed by atoms with van der Waals surface area (Å²) >= 11 is 1.50. The van der Waals surface area contributed by atoms with E-state index in [1.165, 1.54) is 11.8 Å². The number of thioether (sulfide) groups is 1. The van der Waals surface area contributed by atoms with Gasteiger partial charge in [-0.1, -0.05) is 0 Å². The quantitative estimate of drug-likeness (QED) is 0.785. The van der Waals surface area contributed by atoms with Gasteiger partial charge in [-0.15, -0.1) is 11.8 Å². The second-order valence-corrected chi connectivity index (χ2v) is 9.46. The highest BCUT2D eigenvalue weighted by atomic mass is 32.2. The van der Waals surface area contributed by atoms with Crippen LogP contribution in [0.2, 0.25) is 0 Å². The lowest BCUT2D eigenvalue weighted by Crippen LogP contribution is -2.34. The molecule has 22 heavy (non-hydrogen) atoms. The Labute approximate surface area is 135 Å². The molecule has 1 atom stereocenters. The summed E-state index contributed by atoms with van der Waals surface area (Å²) < 4.78 is 22.9. The molecule has 2 heterocycles. The number of rotatable bonds is 6. The molecular formula is C15H20N2O3S2. The normalized spacial score (nSPS) is 23.4. The monoisotopic (exact) mass is 340 g/mol. The van der Waals surface area contributed by atoms with Crippen molar-refractivity contribution >= 4 is 27.5 Å². The van der Waals surface area contributed by atoms with E-state index in [1.54, 1.807) is 12.4 Å². The Bertz CT molecular complexity index is 629. The first-order valence-electron chi connectivity index (χ1n) is 7.54. The van der Waals surface area contributed by atoms with Gasteiger partial charge in [0.1, 0.15) is 0 Å². The molecule has 7 heteroatoms. The zero-order chi connectivity index (χ0) is 15.6. The van der Waals surface area contributed by atoms with Gasteiger partial charge in [-0.2, -0.15) is 0 Å². The molecule has 1 aromatic heterocycles. The minimum absolute atomic E-state index is 0.0796. The number of hydrogen-bond acceptors (Lipinski definition) is 5. The lowest BCUT2D eigenvalue weighted by atomic mass is 10.2. The van der Waals surface area contributed by atoms with Gasteiger partial charge in [0.15, 0.2) is 9.84 Å². The minimum Gasteiger partial charge on any atom is -0.335 e. The van der Waals surface area contributed by atoms with Gasteiger partial charge in [0.25, 0.3) is 0 Å². The van der Waals surface area contributed by atoms with Crippen LogP contribution in [0.1, 0.15) is 24.8 Å². The predicted molar refractivity (Wildman–Crippen MR) is 87.3 cm³/mol. The molecule has 0 aromatic carbocycles. The average molecular weight is 340 g/mol. The maximum Gasteiger partial charge on any atom is 0.233 e. The fourth-order valence-corrected chi connectivity index (χ4v) is 6.18. The number of hydrogen-bond donors (Lipinski definition) is 0. The molecule has 1 saturated carbocycles. The number of aromatic nitrogens is 1. The van der Waals surface area contributed by atoms with Crippen LogP contribution in [0.3, 0.4) is 0 Å². The summed E-state index contributed by atoms with van der Waals surface area (Å²) in [5.41, 5.74) is 1.09. The molecule has 1 amide bonds. The molecule has 5 nitrogen and oxygen atoms in total. The Hall–Kier alpha value is -1.08. The zero-order valence-electron chi connectivity index (χ0n) is 12.3. The van der Waals surface area contributed by atoms with E-state index >= 15 is 0 Å². The van der Waals surface area contributed by atoms with Crippen molar-refractivity contribution in [3.8, 4) is 0 Å². The molecule has 1 aliphatic carbocycles. The summed E-state index contributed by atoms with van der Waals surface area (Å²) in [7, 11) is -2.87. The standard InChI is InChI=1S/C15H20N2O3S2/c18-15(10-21-14-5-8-22(19,20)11-14)17(13-1-2-13)9-12-3-6-16-7-4-12/h3-4,6-7,13-14H,1-2,5,8-11H2. The van der Waals surface area contributed by atoms with E-state index in [0.717, 1.165) is 18.4 Å². The van der Waals surface area contributed by atoms with Gasteiger partial charge in [0.2, 0.25) is 5.91 Å². The SMILES string of the molecule is O=C(CSC1CCS(=O)(=O)C1)N(Cc1ccncc1)C1CC1. The Morgan fingerprint density at radius 2 is 2.00 bits per heavy atom. The van der Waals surface area contributed by atoms with Crippen molar-refractivity contribution in [2.45, 2.75) is 37.1 Å². The molecule has 1 unspecified atom stereocenters. The number of pyridine rings is 1. The van der Waals surface area contributed by atoms with Crippen LogP contribution in [0.15, 0.2) is 24.5 Å². The van der Waals surface area contributed by atoms with E-state index in [-0.39, 0.29) is 22.7 Å². The Morgan fingerprint density at radius 3 is 2.59 bits per heavy atom. The van der Waals surface area contributed by atoms with Crippen LogP contribution in [0, 0.1) is 0 Å². The molecule has 3 rings (SSSR count). The van der Waals surface area contributed by atoms with Crippen molar-refractivity contribution in [2.75, 3.05) is 17.3 Å². The van der Waals surface area contributed by atoms with Crippen molar-refractivity contribution in [3.05, 3.63) is 30.1 Å². The maximum absolute atomic E-state index is 12.5. The molecule has 0 N–H and O–H groups in total. The second-order valence-electron chi connectivity index (χ2n) is 5.94. The van der Waals surface area contributed by atoms with Crippen molar-refractivity contribution < 1.29 is 13.2 Å². The molecule has 2 fully saturated rings. The third-order valence-electron chi connectivity index (χ3n) is 4.04. The molecule has 0 radical (unpaired) electrons. The van der Waals surface area contributed by atoms with Crippen LogP contribution in [0.5, 0.6) is 0 Å². The number of carbonyl (C=O) groups excluding carboxylic acids is 1. The number of amides is 1. The van der Waals surface area contributed by atoms with E-state index in [1.807, 2.05) is 17.0 Å². The largest absolute Gasteiger partial charge is 0.335 e. The Morgan fingerprint density at radius 1 is 1.27 bits per heavy atom. The Kier molecular flexibility index (Phi) is 4.73. The molecule has 0 bridgehead atoms. The van der Waals surface area contributed by atoms with Crippen molar-refractivity contribution in [1.29, 1.82) is 0 Å². The third kappa shape index (κ3) is 4.23. The van der Waals surface area contributed by atoms with Crippen LogP contribution in [0.25, 0.3) is 0 Å².